The Bertz CT molecular complexity index is 699. The number of nitrogens with zero attached hydrogens (tertiary/aromatic N) is 1. The monoisotopic (exact) mass is 343 g/mol. The van der Waals surface area contributed by atoms with Gasteiger partial charge in [0.1, 0.15) is 5.75 Å². The number of methoxy groups -OCH3 is 1. The van der Waals surface area contributed by atoms with Crippen LogP contribution in [0.1, 0.15) is 41.1 Å². The maximum absolute atomic E-state index is 12.8. The van der Waals surface area contributed by atoms with Gasteiger partial charge < -0.3 is 9.64 Å². The Morgan fingerprint density at radius 2 is 1.96 bits per heavy atom. The van der Waals surface area contributed by atoms with E-state index in [2.05, 4.69) is 12.1 Å². The minimum atomic E-state index is 0.0675. The number of halogens is 1. The van der Waals surface area contributed by atoms with Crippen LogP contribution in [0.3, 0.4) is 0 Å². The van der Waals surface area contributed by atoms with Gasteiger partial charge in [-0.05, 0) is 48.7 Å². The van der Waals surface area contributed by atoms with Gasteiger partial charge in [-0.1, -0.05) is 36.2 Å². The van der Waals surface area contributed by atoms with Crippen molar-refractivity contribution in [1.29, 1.82) is 0 Å². The van der Waals surface area contributed by atoms with E-state index in [4.69, 9.17) is 16.3 Å². The minimum absolute atomic E-state index is 0.0675. The molecule has 0 bridgehead atoms. The topological polar surface area (TPSA) is 29.5 Å². The van der Waals surface area contributed by atoms with Crippen LogP contribution in [0.4, 0.5) is 0 Å². The molecule has 24 heavy (non-hydrogen) atoms. The predicted octanol–water partition coefficient (Wildman–Crippen LogP) is 4.76. The minimum Gasteiger partial charge on any atom is -0.497 e. The lowest BCUT2D eigenvalue weighted by atomic mass is 9.94. The zero-order valence-corrected chi connectivity index (χ0v) is 14.6. The van der Waals surface area contributed by atoms with E-state index in [-0.39, 0.29) is 5.91 Å². The van der Waals surface area contributed by atoms with Gasteiger partial charge in [-0.25, -0.2) is 0 Å². The summed E-state index contributed by atoms with van der Waals surface area (Å²) < 4.78 is 5.23. The maximum atomic E-state index is 12.8. The fourth-order valence-electron chi connectivity index (χ4n) is 3.28. The molecule has 0 unspecified atom stereocenters. The number of ether oxygens (including phenoxy) is 1. The van der Waals surface area contributed by atoms with Crippen LogP contribution < -0.4 is 4.74 Å². The highest BCUT2D eigenvalue weighted by Gasteiger charge is 2.24. The molecule has 0 saturated carbocycles. The quantitative estimate of drug-likeness (QED) is 0.804. The van der Waals surface area contributed by atoms with Crippen LogP contribution in [0.15, 0.2) is 48.5 Å². The van der Waals surface area contributed by atoms with E-state index in [1.54, 1.807) is 19.2 Å². The van der Waals surface area contributed by atoms with E-state index >= 15 is 0 Å². The zero-order chi connectivity index (χ0) is 16.9. The van der Waals surface area contributed by atoms with Crippen molar-refractivity contribution in [3.05, 3.63) is 64.7 Å². The predicted molar refractivity (Wildman–Crippen MR) is 96.9 cm³/mol. The largest absolute Gasteiger partial charge is 0.497 e. The van der Waals surface area contributed by atoms with Gasteiger partial charge in [-0.2, -0.15) is 0 Å². The van der Waals surface area contributed by atoms with Crippen LogP contribution in [0.5, 0.6) is 5.75 Å². The molecule has 1 aliphatic rings. The van der Waals surface area contributed by atoms with Crippen molar-refractivity contribution in [2.75, 3.05) is 20.2 Å². The molecule has 0 N–H and O–H groups in total. The fourth-order valence-corrected chi connectivity index (χ4v) is 3.47. The molecule has 2 aromatic carbocycles. The van der Waals surface area contributed by atoms with Crippen LogP contribution in [0.2, 0.25) is 5.02 Å². The first-order valence-corrected chi connectivity index (χ1v) is 8.74. The number of hydrogen-bond donors (Lipinski definition) is 0. The molecule has 1 heterocycles. The first-order chi connectivity index (χ1) is 11.7. The van der Waals surface area contributed by atoms with Gasteiger partial charge in [0.25, 0.3) is 5.91 Å². The molecule has 3 rings (SSSR count). The molecule has 3 nitrogen and oxygen atoms in total. The number of hydrogen-bond acceptors (Lipinski definition) is 2. The van der Waals surface area contributed by atoms with E-state index in [0.29, 0.717) is 16.5 Å². The van der Waals surface area contributed by atoms with Crippen molar-refractivity contribution in [3.8, 4) is 5.75 Å². The van der Waals surface area contributed by atoms with Crippen molar-refractivity contribution in [2.24, 2.45) is 0 Å². The summed E-state index contributed by atoms with van der Waals surface area (Å²) in [5.74, 6) is 1.29. The Hall–Kier alpha value is -2.00. The molecule has 1 aliphatic heterocycles. The second-order valence-electron chi connectivity index (χ2n) is 6.23. The second-order valence-corrected chi connectivity index (χ2v) is 6.66. The molecule has 1 amide bonds. The van der Waals surface area contributed by atoms with Crippen molar-refractivity contribution < 1.29 is 9.53 Å². The highest BCUT2D eigenvalue weighted by molar-refractivity contribution is 6.30. The third kappa shape index (κ3) is 3.90. The molecule has 1 atom stereocenters. The van der Waals surface area contributed by atoms with Gasteiger partial charge in [0.2, 0.25) is 0 Å². The Balaban J connectivity index is 1.77. The van der Waals surface area contributed by atoms with Crippen LogP contribution in [0, 0.1) is 0 Å². The van der Waals surface area contributed by atoms with Crippen LogP contribution >= 0.6 is 11.6 Å². The number of benzene rings is 2. The van der Waals surface area contributed by atoms with Crippen molar-refractivity contribution in [1.82, 2.24) is 4.90 Å². The molecule has 1 saturated heterocycles. The molecule has 2 aromatic rings. The van der Waals surface area contributed by atoms with E-state index in [1.807, 2.05) is 29.2 Å². The Morgan fingerprint density at radius 1 is 1.17 bits per heavy atom. The lowest BCUT2D eigenvalue weighted by molar-refractivity contribution is 0.0754. The summed E-state index contributed by atoms with van der Waals surface area (Å²) in [6, 6.07) is 15.4. The summed E-state index contributed by atoms with van der Waals surface area (Å²) >= 11 is 6.03. The molecule has 0 radical (unpaired) electrons. The van der Waals surface area contributed by atoms with Gasteiger partial charge in [0.05, 0.1) is 7.11 Å². The van der Waals surface area contributed by atoms with Gasteiger partial charge in [0.15, 0.2) is 0 Å². The van der Waals surface area contributed by atoms with Crippen LogP contribution in [-0.2, 0) is 0 Å². The molecule has 4 heteroatoms. The number of carbonyl (C=O) groups is 1. The third-order valence-corrected chi connectivity index (χ3v) is 4.85. The Morgan fingerprint density at radius 3 is 2.67 bits per heavy atom. The highest BCUT2D eigenvalue weighted by atomic mass is 35.5. The molecule has 1 fully saturated rings. The molecule has 0 aliphatic carbocycles. The average molecular weight is 344 g/mol. The lowest BCUT2D eigenvalue weighted by Crippen LogP contribution is -2.34. The summed E-state index contributed by atoms with van der Waals surface area (Å²) in [5, 5.41) is 0.599. The first-order valence-electron chi connectivity index (χ1n) is 8.36. The molecular formula is C20H22ClNO2. The summed E-state index contributed by atoms with van der Waals surface area (Å²) in [6.07, 6.45) is 3.28. The summed E-state index contributed by atoms with van der Waals surface area (Å²) in [7, 11) is 1.67. The molecule has 0 spiro atoms. The number of rotatable bonds is 3. The van der Waals surface area contributed by atoms with Gasteiger partial charge >= 0.3 is 0 Å². The SMILES string of the molecule is COc1ccc([C@@H]2CCCCN(C(=O)c3cccc(Cl)c3)C2)cc1. The Kier molecular flexibility index (Phi) is 5.41. The van der Waals surface area contributed by atoms with Gasteiger partial charge in [-0.3, -0.25) is 4.79 Å². The number of likely N-dealkylation sites (tertiary alicyclic amines) is 1. The van der Waals surface area contributed by atoms with Crippen molar-refractivity contribution >= 4 is 17.5 Å². The van der Waals surface area contributed by atoms with E-state index in [1.165, 1.54) is 5.56 Å². The number of amides is 1. The van der Waals surface area contributed by atoms with Crippen molar-refractivity contribution in [2.45, 2.75) is 25.2 Å². The number of carbonyl (C=O) groups excluding carboxylic acids is 1. The van der Waals surface area contributed by atoms with E-state index in [9.17, 15) is 4.79 Å². The van der Waals surface area contributed by atoms with Crippen molar-refractivity contribution in [3.63, 3.8) is 0 Å². The molecular weight excluding hydrogens is 322 g/mol. The second kappa shape index (κ2) is 7.71. The maximum Gasteiger partial charge on any atom is 0.253 e. The van der Waals surface area contributed by atoms with Crippen LogP contribution in [0.25, 0.3) is 0 Å². The smallest absolute Gasteiger partial charge is 0.253 e. The summed E-state index contributed by atoms with van der Waals surface area (Å²) in [6.45, 7) is 1.55. The fraction of sp³-hybridized carbons (Fsp3) is 0.350. The third-order valence-electron chi connectivity index (χ3n) is 4.62. The van der Waals surface area contributed by atoms with Crippen LogP contribution in [-0.4, -0.2) is 31.0 Å². The summed E-state index contributed by atoms with van der Waals surface area (Å²) in [5.41, 5.74) is 1.93. The van der Waals surface area contributed by atoms with Gasteiger partial charge in [0, 0.05) is 29.6 Å². The first kappa shape index (κ1) is 16.8. The molecule has 0 aromatic heterocycles. The average Bonchev–Trinajstić information content (AvgIpc) is 2.87. The standard InChI is InChI=1S/C20H22ClNO2/c1-24-19-10-8-15(9-11-19)17-5-2-3-12-22(14-17)20(23)16-6-4-7-18(21)13-16/h4,6-11,13,17H,2-3,5,12,14H2,1H3/t17-/m1/s1. The van der Waals surface area contributed by atoms with E-state index < -0.39 is 0 Å². The zero-order valence-electron chi connectivity index (χ0n) is 13.9. The normalized spacial score (nSPS) is 18.1. The lowest BCUT2D eigenvalue weighted by Gasteiger charge is -2.25. The molecule has 126 valence electrons. The van der Waals surface area contributed by atoms with Gasteiger partial charge in [-0.15, -0.1) is 0 Å². The summed E-state index contributed by atoms with van der Waals surface area (Å²) in [4.78, 5) is 14.8. The Labute approximate surface area is 148 Å². The highest BCUT2D eigenvalue weighted by Crippen LogP contribution is 2.28. The van der Waals surface area contributed by atoms with E-state index in [0.717, 1.165) is 38.1 Å².